The van der Waals surface area contributed by atoms with E-state index >= 15 is 4.39 Å². The highest BCUT2D eigenvalue weighted by molar-refractivity contribution is 9.10. The molecule has 5 nitrogen and oxygen atoms in total. The van der Waals surface area contributed by atoms with Crippen LogP contribution in [-0.2, 0) is 22.4 Å². The van der Waals surface area contributed by atoms with Crippen LogP contribution in [0.5, 0.6) is 0 Å². The van der Waals surface area contributed by atoms with E-state index in [1.165, 1.54) is 6.26 Å². The molecule has 9 heteroatoms. The summed E-state index contributed by atoms with van der Waals surface area (Å²) in [6, 6.07) is 7.06. The SMILES string of the molecule is C=COCCOCC(=O)c1cc2c(ncn2CCCCCl)c(F)c1Cc1ccc(Br)cc1Cl. The Labute approximate surface area is 210 Å². The molecule has 0 saturated carbocycles. The summed E-state index contributed by atoms with van der Waals surface area (Å²) >= 11 is 15.5. The van der Waals surface area contributed by atoms with Crippen molar-refractivity contribution in [1.29, 1.82) is 0 Å². The molecular weight excluding hydrogens is 534 g/mol. The minimum absolute atomic E-state index is 0.146. The largest absolute Gasteiger partial charge is 0.499 e. The summed E-state index contributed by atoms with van der Waals surface area (Å²) in [5, 5.41) is 0.478. The number of unbranched alkanes of at least 4 members (excludes halogenated alkanes) is 1. The Bertz CT molecular complexity index is 1140. The average Bonchev–Trinajstić information content (AvgIpc) is 3.20. The summed E-state index contributed by atoms with van der Waals surface area (Å²) in [4.78, 5) is 17.4. The molecule has 0 aliphatic rings. The maximum atomic E-state index is 15.7. The van der Waals surface area contributed by atoms with E-state index in [9.17, 15) is 4.79 Å². The number of alkyl halides is 1. The molecule has 3 aromatic rings. The van der Waals surface area contributed by atoms with Gasteiger partial charge in [-0.15, -0.1) is 11.6 Å². The maximum absolute atomic E-state index is 15.7. The molecule has 0 amide bonds. The van der Waals surface area contributed by atoms with Gasteiger partial charge in [-0.2, -0.15) is 0 Å². The van der Waals surface area contributed by atoms with E-state index in [-0.39, 0.29) is 48.7 Å². The second kappa shape index (κ2) is 12.5. The van der Waals surface area contributed by atoms with Gasteiger partial charge in [-0.25, -0.2) is 9.37 Å². The van der Waals surface area contributed by atoms with Crippen molar-refractivity contribution in [2.24, 2.45) is 0 Å². The van der Waals surface area contributed by atoms with Crippen LogP contribution in [0.15, 0.2) is 47.9 Å². The first-order valence-electron chi connectivity index (χ1n) is 10.5. The number of fused-ring (bicyclic) bond motifs is 1. The third-order valence-electron chi connectivity index (χ3n) is 5.12. The number of aryl methyl sites for hydroxylation is 1. The number of Topliss-reactive ketones (excluding diaryl/α,β-unsaturated/α-hetero) is 1. The van der Waals surface area contributed by atoms with Gasteiger partial charge in [-0.1, -0.05) is 40.2 Å². The lowest BCUT2D eigenvalue weighted by Crippen LogP contribution is -2.15. The highest BCUT2D eigenvalue weighted by Crippen LogP contribution is 2.30. The number of carbonyl (C=O) groups is 1. The molecule has 1 heterocycles. The van der Waals surface area contributed by atoms with Crippen LogP contribution in [0.3, 0.4) is 0 Å². The summed E-state index contributed by atoms with van der Waals surface area (Å²) in [5.74, 6) is -0.303. The fourth-order valence-electron chi connectivity index (χ4n) is 3.46. The predicted octanol–water partition coefficient (Wildman–Crippen LogP) is 6.56. The van der Waals surface area contributed by atoms with Crippen LogP contribution in [-0.4, -0.2) is 41.0 Å². The van der Waals surface area contributed by atoms with Gasteiger partial charge >= 0.3 is 0 Å². The summed E-state index contributed by atoms with van der Waals surface area (Å²) < 4.78 is 28.8. The lowest BCUT2D eigenvalue weighted by molar-refractivity contribution is 0.0638. The fraction of sp³-hybridized carbons (Fsp3) is 0.333. The Kier molecular flexibility index (Phi) is 9.74. The van der Waals surface area contributed by atoms with Gasteiger partial charge in [0.05, 0.1) is 24.7 Å². The number of carbonyl (C=O) groups excluding carboxylic acids is 1. The molecule has 0 unspecified atom stereocenters. The second-order valence-corrected chi connectivity index (χ2v) is 9.05. The molecule has 0 N–H and O–H groups in total. The minimum Gasteiger partial charge on any atom is -0.499 e. The first kappa shape index (κ1) is 25.7. The summed E-state index contributed by atoms with van der Waals surface area (Å²) in [6.45, 7) is 4.38. The highest BCUT2D eigenvalue weighted by Gasteiger charge is 2.22. The molecule has 0 radical (unpaired) electrons. The average molecular weight is 558 g/mol. The number of hydrogen-bond acceptors (Lipinski definition) is 4. The van der Waals surface area contributed by atoms with Crippen molar-refractivity contribution < 1.29 is 18.7 Å². The number of ether oxygens (including phenoxy) is 2. The number of imidazole rings is 1. The lowest BCUT2D eigenvalue weighted by atomic mass is 9.95. The summed E-state index contributed by atoms with van der Waals surface area (Å²) in [7, 11) is 0. The van der Waals surface area contributed by atoms with Crippen molar-refractivity contribution in [1.82, 2.24) is 9.55 Å². The summed E-state index contributed by atoms with van der Waals surface area (Å²) in [6.07, 6.45) is 4.70. The maximum Gasteiger partial charge on any atom is 0.188 e. The Hall–Kier alpha value is -1.93. The van der Waals surface area contributed by atoms with Gasteiger partial charge < -0.3 is 14.0 Å². The van der Waals surface area contributed by atoms with E-state index in [1.54, 1.807) is 24.5 Å². The number of hydrogen-bond donors (Lipinski definition) is 0. The highest BCUT2D eigenvalue weighted by atomic mass is 79.9. The van der Waals surface area contributed by atoms with E-state index in [2.05, 4.69) is 27.5 Å². The number of ketones is 1. The number of rotatable bonds is 13. The van der Waals surface area contributed by atoms with Crippen LogP contribution in [0, 0.1) is 5.82 Å². The number of nitrogens with zero attached hydrogens (tertiary/aromatic N) is 2. The van der Waals surface area contributed by atoms with Crippen molar-refractivity contribution in [2.45, 2.75) is 25.8 Å². The van der Waals surface area contributed by atoms with Gasteiger partial charge in [0, 0.05) is 39.5 Å². The zero-order chi connectivity index (χ0) is 23.8. The normalized spacial score (nSPS) is 11.2. The standard InChI is InChI=1S/C24H24BrCl2FN2O3/c1-2-32-9-10-33-14-22(31)18-13-21-24(29-15-30(21)8-4-3-7-26)23(28)19(18)11-16-5-6-17(25)12-20(16)27/h2,5-6,12-13,15H,1,3-4,7-11,14H2. The number of benzene rings is 2. The van der Waals surface area contributed by atoms with E-state index in [0.29, 0.717) is 28.5 Å². The molecule has 0 bridgehead atoms. The van der Waals surface area contributed by atoms with Crippen LogP contribution in [0.2, 0.25) is 5.02 Å². The smallest absolute Gasteiger partial charge is 0.188 e. The molecule has 1 aromatic heterocycles. The van der Waals surface area contributed by atoms with Crippen molar-refractivity contribution in [3.8, 4) is 0 Å². The predicted molar refractivity (Wildman–Crippen MR) is 133 cm³/mol. The molecular formula is C24H24BrCl2FN2O3. The molecule has 0 aliphatic carbocycles. The lowest BCUT2D eigenvalue weighted by Gasteiger charge is -2.14. The number of halogens is 4. The quantitative estimate of drug-likeness (QED) is 0.103. The number of aromatic nitrogens is 2. The Balaban J connectivity index is 1.98. The molecule has 0 fully saturated rings. The van der Waals surface area contributed by atoms with Gasteiger partial charge in [0.1, 0.15) is 18.7 Å². The van der Waals surface area contributed by atoms with Gasteiger partial charge in [-0.05, 0) is 36.6 Å². The van der Waals surface area contributed by atoms with Gasteiger partial charge in [0.15, 0.2) is 11.6 Å². The fourth-order valence-corrected chi connectivity index (χ4v) is 4.39. The van der Waals surface area contributed by atoms with Crippen LogP contribution in [0.1, 0.15) is 34.3 Å². The van der Waals surface area contributed by atoms with Crippen LogP contribution >= 0.6 is 39.1 Å². The molecule has 3 rings (SSSR count). The third kappa shape index (κ3) is 6.57. The van der Waals surface area contributed by atoms with E-state index in [4.69, 9.17) is 32.7 Å². The Morgan fingerprint density at radius 1 is 1.27 bits per heavy atom. The first-order valence-corrected chi connectivity index (χ1v) is 12.2. The van der Waals surface area contributed by atoms with Crippen molar-refractivity contribution >= 4 is 55.9 Å². The first-order chi connectivity index (χ1) is 16.0. The van der Waals surface area contributed by atoms with E-state index < -0.39 is 5.82 Å². The zero-order valence-electron chi connectivity index (χ0n) is 18.0. The van der Waals surface area contributed by atoms with Crippen molar-refractivity contribution in [3.05, 3.63) is 75.4 Å². The molecule has 33 heavy (non-hydrogen) atoms. The van der Waals surface area contributed by atoms with Crippen LogP contribution in [0.25, 0.3) is 11.0 Å². The Morgan fingerprint density at radius 2 is 2.09 bits per heavy atom. The molecule has 0 saturated heterocycles. The molecule has 0 atom stereocenters. The second-order valence-electron chi connectivity index (χ2n) is 7.34. The van der Waals surface area contributed by atoms with Gasteiger partial charge in [0.25, 0.3) is 0 Å². The molecule has 176 valence electrons. The van der Waals surface area contributed by atoms with Crippen molar-refractivity contribution in [3.63, 3.8) is 0 Å². The molecule has 0 spiro atoms. The van der Waals surface area contributed by atoms with Crippen molar-refractivity contribution in [2.75, 3.05) is 25.7 Å². The van der Waals surface area contributed by atoms with Crippen LogP contribution < -0.4 is 0 Å². The molecule has 2 aromatic carbocycles. The minimum atomic E-state index is -0.527. The topological polar surface area (TPSA) is 53.4 Å². The zero-order valence-corrected chi connectivity index (χ0v) is 21.1. The van der Waals surface area contributed by atoms with Gasteiger partial charge in [-0.3, -0.25) is 4.79 Å². The summed E-state index contributed by atoms with van der Waals surface area (Å²) in [5.41, 5.74) is 1.98. The van der Waals surface area contributed by atoms with E-state index in [1.807, 2.05) is 10.6 Å². The van der Waals surface area contributed by atoms with Crippen LogP contribution in [0.4, 0.5) is 4.39 Å². The van der Waals surface area contributed by atoms with E-state index in [0.717, 1.165) is 17.3 Å². The monoisotopic (exact) mass is 556 g/mol. The Morgan fingerprint density at radius 3 is 2.82 bits per heavy atom. The molecule has 0 aliphatic heterocycles. The van der Waals surface area contributed by atoms with Gasteiger partial charge in [0.2, 0.25) is 0 Å². The third-order valence-corrected chi connectivity index (χ3v) is 6.23.